The van der Waals surface area contributed by atoms with Gasteiger partial charge in [-0.3, -0.25) is 4.79 Å². The highest BCUT2D eigenvalue weighted by molar-refractivity contribution is 7.86. The molecule has 5 nitrogen and oxygen atoms in total. The second-order valence-corrected chi connectivity index (χ2v) is 6.61. The van der Waals surface area contributed by atoms with Gasteiger partial charge >= 0.3 is 17.3 Å². The van der Waals surface area contributed by atoms with Gasteiger partial charge in [-0.1, -0.05) is 6.42 Å². The summed E-state index contributed by atoms with van der Waals surface area (Å²) in [6.45, 7) is 0. The highest BCUT2D eigenvalue weighted by atomic mass is 32.2. The minimum absolute atomic E-state index is 0.176. The van der Waals surface area contributed by atoms with Crippen LogP contribution in [0, 0.1) is 17.8 Å². The molecule has 20 heavy (non-hydrogen) atoms. The number of carbonyl (C=O) groups is 1. The second-order valence-electron chi connectivity index (χ2n) is 5.19. The molecule has 2 aliphatic rings. The van der Waals surface area contributed by atoms with Crippen molar-refractivity contribution in [1.82, 2.24) is 0 Å². The number of hydrogen-bond acceptors (Lipinski definition) is 5. The molecule has 3 unspecified atom stereocenters. The van der Waals surface area contributed by atoms with Crippen molar-refractivity contribution in [3.8, 4) is 0 Å². The second kappa shape index (κ2) is 4.55. The minimum atomic E-state index is -6.65. The van der Waals surface area contributed by atoms with Gasteiger partial charge in [-0.15, -0.1) is 0 Å². The van der Waals surface area contributed by atoms with Crippen LogP contribution in [0.25, 0.3) is 0 Å². The molecule has 3 atom stereocenters. The Morgan fingerprint density at radius 2 is 1.75 bits per heavy atom. The number of esters is 1. The minimum Gasteiger partial charge on any atom is -0.743 e. The molecule has 0 N–H and O–H groups in total. The smallest absolute Gasteiger partial charge is 0.481 e. The summed E-state index contributed by atoms with van der Waals surface area (Å²) in [5.41, 5.74) is 0. The van der Waals surface area contributed by atoms with Crippen LogP contribution >= 0.6 is 0 Å². The third kappa shape index (κ3) is 2.39. The van der Waals surface area contributed by atoms with Crippen molar-refractivity contribution < 1.29 is 40.1 Å². The molecule has 0 heterocycles. The zero-order valence-corrected chi connectivity index (χ0v) is 10.8. The SMILES string of the molecule is O=C(OC(F)(F)C(F)(F)S(=O)(=O)[O-])C1CC2CCC1C2. The molecule has 2 bridgehead atoms. The lowest BCUT2D eigenvalue weighted by atomic mass is 9.89. The van der Waals surface area contributed by atoms with Gasteiger partial charge in [0.25, 0.3) is 0 Å². The Labute approximate surface area is 112 Å². The summed E-state index contributed by atoms with van der Waals surface area (Å²) in [5.74, 6) is -2.55. The van der Waals surface area contributed by atoms with Crippen LogP contribution in [0.5, 0.6) is 0 Å². The third-order valence-corrected chi connectivity index (χ3v) is 4.79. The number of halogens is 4. The van der Waals surface area contributed by atoms with Gasteiger partial charge in [-0.2, -0.15) is 17.6 Å². The Morgan fingerprint density at radius 3 is 2.15 bits per heavy atom. The predicted molar refractivity (Wildman–Crippen MR) is 54.6 cm³/mol. The van der Waals surface area contributed by atoms with Gasteiger partial charge in [0.1, 0.15) is 0 Å². The maximum Gasteiger partial charge on any atom is 0.481 e. The van der Waals surface area contributed by atoms with Crippen LogP contribution < -0.4 is 0 Å². The molecule has 2 fully saturated rings. The molecular formula is C10H11F4O5S-. The lowest BCUT2D eigenvalue weighted by Gasteiger charge is -2.29. The summed E-state index contributed by atoms with van der Waals surface area (Å²) in [5, 5.41) is -5.99. The molecule has 0 aromatic heterocycles. The largest absolute Gasteiger partial charge is 0.743 e. The first-order valence-corrected chi connectivity index (χ1v) is 7.30. The summed E-state index contributed by atoms with van der Waals surface area (Å²) < 4.78 is 85.6. The first-order valence-electron chi connectivity index (χ1n) is 5.89. The number of ether oxygens (including phenoxy) is 1. The molecule has 116 valence electrons. The fraction of sp³-hybridized carbons (Fsp3) is 0.900. The van der Waals surface area contributed by atoms with Crippen molar-refractivity contribution in [2.45, 2.75) is 37.0 Å². The first-order chi connectivity index (χ1) is 8.96. The topological polar surface area (TPSA) is 83.5 Å². The van der Waals surface area contributed by atoms with Crippen molar-refractivity contribution in [2.75, 3.05) is 0 Å². The zero-order chi connectivity index (χ0) is 15.3. The van der Waals surface area contributed by atoms with Crippen LogP contribution in [0.4, 0.5) is 17.6 Å². The van der Waals surface area contributed by atoms with Crippen LogP contribution in [0.1, 0.15) is 25.7 Å². The van der Waals surface area contributed by atoms with Crippen molar-refractivity contribution in [3.05, 3.63) is 0 Å². The number of hydrogen-bond donors (Lipinski definition) is 0. The van der Waals surface area contributed by atoms with E-state index in [2.05, 4.69) is 4.74 Å². The molecule has 0 amide bonds. The molecule has 10 heteroatoms. The predicted octanol–water partition coefficient (Wildman–Crippen LogP) is 1.70. The lowest BCUT2D eigenvalue weighted by Crippen LogP contribution is -2.50. The van der Waals surface area contributed by atoms with E-state index in [0.29, 0.717) is 12.8 Å². The molecule has 2 saturated carbocycles. The normalized spacial score (nSPS) is 30.6. The van der Waals surface area contributed by atoms with Gasteiger partial charge in [0, 0.05) is 0 Å². The Hall–Kier alpha value is -0.900. The van der Waals surface area contributed by atoms with E-state index in [1.54, 1.807) is 0 Å². The van der Waals surface area contributed by atoms with E-state index in [4.69, 9.17) is 0 Å². The Morgan fingerprint density at radius 1 is 1.15 bits per heavy atom. The average Bonchev–Trinajstić information content (AvgIpc) is 2.87. The summed E-state index contributed by atoms with van der Waals surface area (Å²) in [7, 11) is -6.65. The van der Waals surface area contributed by atoms with E-state index in [-0.39, 0.29) is 18.3 Å². The highest BCUT2D eigenvalue weighted by Gasteiger charge is 2.66. The number of alkyl halides is 4. The molecule has 0 spiro atoms. The van der Waals surface area contributed by atoms with Crippen LogP contribution in [-0.4, -0.2) is 30.3 Å². The van der Waals surface area contributed by atoms with E-state index < -0.39 is 33.4 Å². The van der Waals surface area contributed by atoms with Gasteiger partial charge < -0.3 is 9.29 Å². The summed E-state index contributed by atoms with van der Waals surface area (Å²) >= 11 is 0. The fourth-order valence-corrected chi connectivity index (χ4v) is 3.27. The quantitative estimate of drug-likeness (QED) is 0.447. The van der Waals surface area contributed by atoms with E-state index in [9.17, 15) is 35.3 Å². The van der Waals surface area contributed by atoms with Crippen molar-refractivity contribution in [2.24, 2.45) is 17.8 Å². The third-order valence-electron chi connectivity index (χ3n) is 3.92. The molecular weight excluding hydrogens is 308 g/mol. The average molecular weight is 319 g/mol. The van der Waals surface area contributed by atoms with E-state index in [1.165, 1.54) is 0 Å². The standard InChI is InChI=1S/C10H12F4O5S/c11-9(12,10(13,14)20(16,17)18)19-8(15)7-4-5-1-2-6(7)3-5/h5-7H,1-4H2,(H,16,17,18)/p-1. The highest BCUT2D eigenvalue weighted by Crippen LogP contribution is 2.50. The molecule has 2 aliphatic carbocycles. The molecule has 0 aromatic carbocycles. The van der Waals surface area contributed by atoms with Crippen molar-refractivity contribution >= 4 is 16.1 Å². The number of rotatable bonds is 4. The molecule has 2 rings (SSSR count). The molecule has 0 aromatic rings. The Kier molecular flexibility index (Phi) is 3.52. The van der Waals surface area contributed by atoms with Crippen LogP contribution in [0.2, 0.25) is 0 Å². The van der Waals surface area contributed by atoms with Gasteiger partial charge in [0.05, 0.1) is 5.92 Å². The van der Waals surface area contributed by atoms with Crippen LogP contribution in [0.15, 0.2) is 0 Å². The first kappa shape index (κ1) is 15.5. The van der Waals surface area contributed by atoms with E-state index in [0.717, 1.165) is 6.42 Å². The monoisotopic (exact) mass is 319 g/mol. The molecule has 0 radical (unpaired) electrons. The fourth-order valence-electron chi connectivity index (χ4n) is 2.94. The molecule has 0 saturated heterocycles. The van der Waals surface area contributed by atoms with Crippen LogP contribution in [-0.2, 0) is 19.6 Å². The Balaban J connectivity index is 2.10. The van der Waals surface area contributed by atoms with Gasteiger partial charge in [-0.25, -0.2) is 8.42 Å². The Bertz CT molecular complexity index is 518. The number of carbonyl (C=O) groups excluding carboxylic acids is 1. The van der Waals surface area contributed by atoms with E-state index in [1.807, 2.05) is 0 Å². The van der Waals surface area contributed by atoms with Crippen LogP contribution in [0.3, 0.4) is 0 Å². The van der Waals surface area contributed by atoms with Gasteiger partial charge in [-0.05, 0) is 31.1 Å². The lowest BCUT2D eigenvalue weighted by molar-refractivity contribution is -0.304. The summed E-state index contributed by atoms with van der Waals surface area (Å²) in [6, 6.07) is 0. The summed E-state index contributed by atoms with van der Waals surface area (Å²) in [6.07, 6.45) is -3.31. The van der Waals surface area contributed by atoms with Gasteiger partial charge in [0.15, 0.2) is 10.1 Å². The maximum atomic E-state index is 13.1. The van der Waals surface area contributed by atoms with Crippen molar-refractivity contribution in [1.29, 1.82) is 0 Å². The zero-order valence-electron chi connectivity index (χ0n) is 10.0. The summed E-state index contributed by atoms with van der Waals surface area (Å²) in [4.78, 5) is 11.5. The van der Waals surface area contributed by atoms with E-state index >= 15 is 0 Å². The van der Waals surface area contributed by atoms with Gasteiger partial charge in [0.2, 0.25) is 0 Å². The maximum absolute atomic E-state index is 13.1. The number of fused-ring (bicyclic) bond motifs is 2. The molecule has 0 aliphatic heterocycles. The van der Waals surface area contributed by atoms with Crippen molar-refractivity contribution in [3.63, 3.8) is 0 Å².